The lowest BCUT2D eigenvalue weighted by Crippen LogP contribution is -2.42. The summed E-state index contributed by atoms with van der Waals surface area (Å²) >= 11 is 6.26. The van der Waals surface area contributed by atoms with Crippen molar-refractivity contribution in [2.24, 2.45) is 17.3 Å². The van der Waals surface area contributed by atoms with Gasteiger partial charge in [0.25, 0.3) is 0 Å². The van der Waals surface area contributed by atoms with E-state index in [0.717, 1.165) is 11.3 Å². The number of carbonyl (C=O) groups is 3. The molecule has 1 saturated heterocycles. The minimum atomic E-state index is -0.789. The Kier molecular flexibility index (Phi) is 7.62. The van der Waals surface area contributed by atoms with Gasteiger partial charge in [-0.3, -0.25) is 14.4 Å². The predicted molar refractivity (Wildman–Crippen MR) is 132 cm³/mol. The maximum atomic E-state index is 13.2. The Balaban J connectivity index is 1.66. The van der Waals surface area contributed by atoms with Crippen molar-refractivity contribution in [2.45, 2.75) is 84.3 Å². The fraction of sp³-hybridized carbons (Fsp3) is 0.615. The third-order valence-corrected chi connectivity index (χ3v) is 6.80. The van der Waals surface area contributed by atoms with E-state index in [-0.39, 0.29) is 47.3 Å². The molecule has 3 N–H and O–H groups in total. The second kappa shape index (κ2) is 9.95. The van der Waals surface area contributed by atoms with Gasteiger partial charge < -0.3 is 16.0 Å². The van der Waals surface area contributed by atoms with Crippen LogP contribution in [0, 0.1) is 28.6 Å². The van der Waals surface area contributed by atoms with Gasteiger partial charge in [-0.15, -0.1) is 0 Å². The molecule has 8 heteroatoms. The molecule has 0 spiro atoms. The van der Waals surface area contributed by atoms with Gasteiger partial charge in [0, 0.05) is 30.2 Å². The van der Waals surface area contributed by atoms with Crippen LogP contribution in [-0.4, -0.2) is 35.2 Å². The smallest absolute Gasteiger partial charge is 0.224 e. The number of hydrogen-bond acceptors (Lipinski definition) is 5. The Labute approximate surface area is 207 Å². The summed E-state index contributed by atoms with van der Waals surface area (Å²) in [6.07, 6.45) is 1.97. The van der Waals surface area contributed by atoms with Crippen LogP contribution in [0.1, 0.15) is 65.9 Å². The van der Waals surface area contributed by atoms with Crippen molar-refractivity contribution in [3.63, 3.8) is 0 Å². The molecular weight excluding hydrogens is 452 g/mol. The standard InChI is InChI=1S/C26H35ClN4O3/c1-25(2,3)12-17(11-21(32)20-10-15-7-6-8-19(27)22(15)30-20)23(33)29-18(14-28)9-16-13-26(4,5)31-24(16)34/h6-8,16-18,20,30H,9-13H2,1-5H3,(H,29,33)(H,31,34). The van der Waals surface area contributed by atoms with Gasteiger partial charge in [-0.05, 0) is 50.2 Å². The third kappa shape index (κ3) is 6.50. The van der Waals surface area contributed by atoms with Gasteiger partial charge in [0.05, 0.1) is 22.8 Å². The molecule has 1 aromatic carbocycles. The first-order valence-electron chi connectivity index (χ1n) is 11.9. The summed E-state index contributed by atoms with van der Waals surface area (Å²) in [5, 5.41) is 19.2. The second-order valence-electron chi connectivity index (χ2n) is 11.5. The van der Waals surface area contributed by atoms with Gasteiger partial charge in [-0.1, -0.05) is 44.5 Å². The number of amides is 2. The van der Waals surface area contributed by atoms with Gasteiger partial charge >= 0.3 is 0 Å². The molecule has 1 fully saturated rings. The third-order valence-electron chi connectivity index (χ3n) is 6.49. The number of nitriles is 1. The van der Waals surface area contributed by atoms with E-state index in [9.17, 15) is 19.6 Å². The molecule has 2 aliphatic rings. The molecule has 7 nitrogen and oxygen atoms in total. The average Bonchev–Trinajstić information content (AvgIpc) is 3.26. The molecule has 2 heterocycles. The van der Waals surface area contributed by atoms with Crippen LogP contribution in [0.3, 0.4) is 0 Å². The number of nitrogens with zero attached hydrogens (tertiary/aromatic N) is 1. The van der Waals surface area contributed by atoms with E-state index in [1.807, 2.05) is 46.8 Å². The zero-order chi connectivity index (χ0) is 25.3. The molecule has 0 aliphatic carbocycles. The van der Waals surface area contributed by atoms with E-state index in [4.69, 9.17) is 11.6 Å². The highest BCUT2D eigenvalue weighted by Crippen LogP contribution is 2.35. The first kappa shape index (κ1) is 26.0. The molecule has 0 saturated carbocycles. The number of nitrogens with one attached hydrogen (secondary N) is 3. The zero-order valence-corrected chi connectivity index (χ0v) is 21.4. The van der Waals surface area contributed by atoms with Gasteiger partial charge in [-0.25, -0.2) is 0 Å². The molecule has 184 valence electrons. The van der Waals surface area contributed by atoms with Crippen molar-refractivity contribution >= 4 is 34.9 Å². The summed E-state index contributed by atoms with van der Waals surface area (Å²) in [6, 6.07) is 6.49. The van der Waals surface area contributed by atoms with Crippen LogP contribution < -0.4 is 16.0 Å². The van der Waals surface area contributed by atoms with E-state index < -0.39 is 18.0 Å². The summed E-state index contributed by atoms with van der Waals surface area (Å²) in [7, 11) is 0. The second-order valence-corrected chi connectivity index (χ2v) is 11.9. The number of carbonyl (C=O) groups excluding carboxylic acids is 3. The molecule has 0 bridgehead atoms. The molecule has 2 aliphatic heterocycles. The molecule has 4 atom stereocenters. The summed E-state index contributed by atoms with van der Waals surface area (Å²) in [5.41, 5.74) is 1.27. The first-order chi connectivity index (χ1) is 15.8. The van der Waals surface area contributed by atoms with Gasteiger partial charge in [0.15, 0.2) is 5.78 Å². The Morgan fingerprint density at radius 3 is 2.59 bits per heavy atom. The molecule has 1 aromatic rings. The lowest BCUT2D eigenvalue weighted by Gasteiger charge is -2.27. The highest BCUT2D eigenvalue weighted by molar-refractivity contribution is 6.33. The fourth-order valence-electron chi connectivity index (χ4n) is 5.03. The van der Waals surface area contributed by atoms with E-state index in [1.165, 1.54) is 0 Å². The maximum Gasteiger partial charge on any atom is 0.224 e. The van der Waals surface area contributed by atoms with Crippen LogP contribution in [-0.2, 0) is 20.8 Å². The zero-order valence-electron chi connectivity index (χ0n) is 20.6. The number of rotatable bonds is 8. The average molecular weight is 487 g/mol. The normalized spacial score (nSPS) is 22.7. The maximum absolute atomic E-state index is 13.2. The topological polar surface area (TPSA) is 111 Å². The van der Waals surface area contributed by atoms with Gasteiger partial charge in [0.2, 0.25) is 11.8 Å². The number of anilines is 1. The molecule has 4 unspecified atom stereocenters. The van der Waals surface area contributed by atoms with Crippen molar-refractivity contribution in [2.75, 3.05) is 5.32 Å². The van der Waals surface area contributed by atoms with E-state index in [0.29, 0.717) is 24.3 Å². The summed E-state index contributed by atoms with van der Waals surface area (Å²) in [4.78, 5) is 38.7. The van der Waals surface area contributed by atoms with Crippen molar-refractivity contribution in [3.05, 3.63) is 28.8 Å². The molecule has 2 amide bonds. The number of para-hydroxylation sites is 1. The van der Waals surface area contributed by atoms with Crippen LogP contribution in [0.25, 0.3) is 0 Å². The largest absolute Gasteiger partial charge is 0.374 e. The number of fused-ring (bicyclic) bond motifs is 1. The highest BCUT2D eigenvalue weighted by Gasteiger charge is 2.39. The van der Waals surface area contributed by atoms with Crippen molar-refractivity contribution in [1.29, 1.82) is 5.26 Å². The lowest BCUT2D eigenvalue weighted by molar-refractivity contribution is -0.131. The van der Waals surface area contributed by atoms with E-state index >= 15 is 0 Å². The predicted octanol–water partition coefficient (Wildman–Crippen LogP) is 4.00. The number of hydrogen-bond donors (Lipinski definition) is 3. The molecule has 0 radical (unpaired) electrons. The Morgan fingerprint density at radius 2 is 2.03 bits per heavy atom. The quantitative estimate of drug-likeness (QED) is 0.514. The van der Waals surface area contributed by atoms with Crippen LogP contribution >= 0.6 is 11.6 Å². The lowest BCUT2D eigenvalue weighted by atomic mass is 9.81. The number of ketones is 1. The number of Topliss-reactive ketones (excluding diaryl/α,β-unsaturated/α-hetero) is 1. The molecule has 0 aromatic heterocycles. The van der Waals surface area contributed by atoms with E-state index in [1.54, 1.807) is 6.07 Å². The van der Waals surface area contributed by atoms with Crippen LogP contribution in [0.5, 0.6) is 0 Å². The monoisotopic (exact) mass is 486 g/mol. The first-order valence-corrected chi connectivity index (χ1v) is 12.2. The van der Waals surface area contributed by atoms with Crippen molar-refractivity contribution in [1.82, 2.24) is 10.6 Å². The van der Waals surface area contributed by atoms with Gasteiger partial charge in [-0.2, -0.15) is 5.26 Å². The molecule has 3 rings (SSSR count). The van der Waals surface area contributed by atoms with Gasteiger partial charge in [0.1, 0.15) is 6.04 Å². The van der Waals surface area contributed by atoms with Crippen molar-refractivity contribution < 1.29 is 14.4 Å². The van der Waals surface area contributed by atoms with E-state index in [2.05, 4.69) is 22.0 Å². The minimum Gasteiger partial charge on any atom is -0.374 e. The minimum absolute atomic E-state index is 0.0536. The van der Waals surface area contributed by atoms with Crippen molar-refractivity contribution in [3.8, 4) is 6.07 Å². The molecular formula is C26H35ClN4O3. The summed E-state index contributed by atoms with van der Waals surface area (Å²) < 4.78 is 0. The van der Waals surface area contributed by atoms with Crippen LogP contribution in [0.15, 0.2) is 18.2 Å². The summed E-state index contributed by atoms with van der Waals surface area (Å²) in [6.45, 7) is 9.95. The highest BCUT2D eigenvalue weighted by atomic mass is 35.5. The van der Waals surface area contributed by atoms with Crippen LogP contribution in [0.2, 0.25) is 5.02 Å². The Morgan fingerprint density at radius 1 is 1.32 bits per heavy atom. The molecule has 34 heavy (non-hydrogen) atoms. The Hall–Kier alpha value is -2.59. The SMILES string of the molecule is CC(C)(C)CC(CC(=O)C1Cc2cccc(Cl)c2N1)C(=O)NC(C#N)CC1CC(C)(C)NC1=O. The van der Waals surface area contributed by atoms with Crippen LogP contribution in [0.4, 0.5) is 5.69 Å². The summed E-state index contributed by atoms with van der Waals surface area (Å²) in [5.74, 6) is -1.36. The fourth-order valence-corrected chi connectivity index (χ4v) is 5.27. The number of halogens is 1. The Bertz CT molecular complexity index is 1010. The number of benzene rings is 1.